The molecule has 3 fully saturated rings. The van der Waals surface area contributed by atoms with E-state index >= 15 is 0 Å². The molecule has 2 aliphatic heterocycles. The Labute approximate surface area is 112 Å². The van der Waals surface area contributed by atoms with Crippen LogP contribution in [-0.4, -0.2) is 48.3 Å². The number of fused-ring (bicyclic) bond motifs is 3. The van der Waals surface area contributed by atoms with Gasteiger partial charge in [0, 0.05) is 18.6 Å². The standard InChI is InChI=1S/C13H21N3O3/c1-2-19-12(18)8-7-14-13-15-9-5-3-4-6-10(9)16(13)11(8)17/h8-10,13-15H,2-7H2,1H3. The highest BCUT2D eigenvalue weighted by molar-refractivity contribution is 5.99. The number of hydrogen-bond donors (Lipinski definition) is 2. The molecular formula is C13H21N3O3. The van der Waals surface area contributed by atoms with Gasteiger partial charge in [-0.1, -0.05) is 12.8 Å². The van der Waals surface area contributed by atoms with E-state index in [0.29, 0.717) is 19.2 Å². The van der Waals surface area contributed by atoms with Gasteiger partial charge in [-0.2, -0.15) is 0 Å². The summed E-state index contributed by atoms with van der Waals surface area (Å²) in [6, 6.07) is 0.604. The summed E-state index contributed by atoms with van der Waals surface area (Å²) >= 11 is 0. The topological polar surface area (TPSA) is 70.7 Å². The van der Waals surface area contributed by atoms with Crippen LogP contribution in [0, 0.1) is 5.92 Å². The Morgan fingerprint density at radius 2 is 2.21 bits per heavy atom. The lowest BCUT2D eigenvalue weighted by molar-refractivity contribution is -0.160. The molecule has 0 radical (unpaired) electrons. The van der Waals surface area contributed by atoms with Crippen molar-refractivity contribution in [2.45, 2.75) is 51.0 Å². The Morgan fingerprint density at radius 1 is 1.42 bits per heavy atom. The molecule has 6 nitrogen and oxygen atoms in total. The van der Waals surface area contributed by atoms with Gasteiger partial charge in [-0.05, 0) is 19.8 Å². The molecular weight excluding hydrogens is 246 g/mol. The van der Waals surface area contributed by atoms with Crippen molar-refractivity contribution in [2.24, 2.45) is 5.92 Å². The molecule has 0 aromatic rings. The van der Waals surface area contributed by atoms with E-state index in [0.717, 1.165) is 19.3 Å². The van der Waals surface area contributed by atoms with Crippen LogP contribution in [0.4, 0.5) is 0 Å². The summed E-state index contributed by atoms with van der Waals surface area (Å²) < 4.78 is 4.99. The number of nitrogens with zero attached hydrogens (tertiary/aromatic N) is 1. The van der Waals surface area contributed by atoms with Gasteiger partial charge >= 0.3 is 5.97 Å². The lowest BCUT2D eigenvalue weighted by Crippen LogP contribution is -2.62. The fourth-order valence-corrected chi connectivity index (χ4v) is 3.48. The number of rotatable bonds is 2. The first-order chi connectivity index (χ1) is 9.22. The third kappa shape index (κ3) is 2.12. The molecule has 1 aliphatic carbocycles. The van der Waals surface area contributed by atoms with Gasteiger partial charge in [0.15, 0.2) is 0 Å². The van der Waals surface area contributed by atoms with Crippen molar-refractivity contribution in [1.29, 1.82) is 0 Å². The summed E-state index contributed by atoms with van der Waals surface area (Å²) in [5.74, 6) is -1.17. The van der Waals surface area contributed by atoms with Crippen molar-refractivity contribution in [3.8, 4) is 0 Å². The number of esters is 1. The predicted octanol–water partition coefficient (Wildman–Crippen LogP) is -0.204. The van der Waals surface area contributed by atoms with Gasteiger partial charge in [-0.15, -0.1) is 0 Å². The highest BCUT2D eigenvalue weighted by Gasteiger charge is 2.50. The molecule has 0 aromatic heterocycles. The van der Waals surface area contributed by atoms with Crippen molar-refractivity contribution in [3.63, 3.8) is 0 Å². The third-order valence-corrected chi connectivity index (χ3v) is 4.38. The molecule has 3 aliphatic rings. The monoisotopic (exact) mass is 267 g/mol. The van der Waals surface area contributed by atoms with Crippen LogP contribution in [0.5, 0.6) is 0 Å². The first kappa shape index (κ1) is 12.9. The average molecular weight is 267 g/mol. The quantitative estimate of drug-likeness (QED) is 0.535. The summed E-state index contributed by atoms with van der Waals surface area (Å²) in [7, 11) is 0. The van der Waals surface area contributed by atoms with Gasteiger partial charge < -0.3 is 9.64 Å². The number of nitrogens with one attached hydrogen (secondary N) is 2. The van der Waals surface area contributed by atoms with Crippen molar-refractivity contribution < 1.29 is 14.3 Å². The van der Waals surface area contributed by atoms with E-state index in [1.54, 1.807) is 6.92 Å². The molecule has 1 saturated carbocycles. The van der Waals surface area contributed by atoms with E-state index in [1.165, 1.54) is 6.42 Å². The van der Waals surface area contributed by atoms with Crippen molar-refractivity contribution in [2.75, 3.05) is 13.2 Å². The Hall–Kier alpha value is -1.14. The van der Waals surface area contributed by atoms with Gasteiger partial charge in [0.2, 0.25) is 5.91 Å². The first-order valence-corrected chi connectivity index (χ1v) is 7.20. The van der Waals surface area contributed by atoms with E-state index in [-0.39, 0.29) is 18.2 Å². The minimum absolute atomic E-state index is 0.0795. The van der Waals surface area contributed by atoms with Crippen LogP contribution in [0.1, 0.15) is 32.6 Å². The van der Waals surface area contributed by atoms with E-state index in [2.05, 4.69) is 10.6 Å². The van der Waals surface area contributed by atoms with Crippen LogP contribution in [0.2, 0.25) is 0 Å². The molecule has 4 atom stereocenters. The number of carbonyl (C=O) groups is 2. The smallest absolute Gasteiger partial charge is 0.319 e. The summed E-state index contributed by atoms with van der Waals surface area (Å²) in [6.07, 6.45) is 4.40. The fourth-order valence-electron chi connectivity index (χ4n) is 3.48. The highest BCUT2D eigenvalue weighted by Crippen LogP contribution is 2.32. The maximum absolute atomic E-state index is 12.5. The molecule has 3 rings (SSSR count). The molecule has 4 unspecified atom stereocenters. The zero-order valence-electron chi connectivity index (χ0n) is 11.2. The Kier molecular flexibility index (Phi) is 3.45. The van der Waals surface area contributed by atoms with Crippen molar-refractivity contribution in [1.82, 2.24) is 15.5 Å². The molecule has 2 heterocycles. The van der Waals surface area contributed by atoms with E-state index < -0.39 is 11.9 Å². The summed E-state index contributed by atoms with van der Waals surface area (Å²) in [6.45, 7) is 2.44. The van der Waals surface area contributed by atoms with Crippen LogP contribution in [-0.2, 0) is 14.3 Å². The Balaban J connectivity index is 1.76. The van der Waals surface area contributed by atoms with Crippen LogP contribution < -0.4 is 10.6 Å². The Bertz CT molecular complexity index is 387. The van der Waals surface area contributed by atoms with Gasteiger partial charge in [-0.25, -0.2) is 0 Å². The molecule has 0 spiro atoms. The molecule has 106 valence electrons. The number of carbonyl (C=O) groups excluding carboxylic acids is 2. The van der Waals surface area contributed by atoms with E-state index in [4.69, 9.17) is 4.74 Å². The largest absolute Gasteiger partial charge is 0.465 e. The van der Waals surface area contributed by atoms with Crippen LogP contribution in [0.25, 0.3) is 0 Å². The van der Waals surface area contributed by atoms with Gasteiger partial charge in [0.1, 0.15) is 12.2 Å². The molecule has 2 N–H and O–H groups in total. The predicted molar refractivity (Wildman–Crippen MR) is 67.9 cm³/mol. The van der Waals surface area contributed by atoms with Crippen LogP contribution in [0.3, 0.4) is 0 Å². The summed E-state index contributed by atoms with van der Waals surface area (Å²) in [5, 5.41) is 6.71. The zero-order chi connectivity index (χ0) is 13.4. The van der Waals surface area contributed by atoms with E-state index in [1.807, 2.05) is 4.90 Å². The highest BCUT2D eigenvalue weighted by atomic mass is 16.5. The maximum atomic E-state index is 12.5. The van der Waals surface area contributed by atoms with Crippen molar-refractivity contribution in [3.05, 3.63) is 0 Å². The lowest BCUT2D eigenvalue weighted by atomic mass is 9.90. The minimum Gasteiger partial charge on any atom is -0.465 e. The lowest BCUT2D eigenvalue weighted by Gasteiger charge is -2.38. The number of hydrogen-bond acceptors (Lipinski definition) is 5. The minimum atomic E-state index is -0.682. The summed E-state index contributed by atoms with van der Waals surface area (Å²) in [5.41, 5.74) is 0. The SMILES string of the molecule is CCOC(=O)C1CNC2NC3CCCCC3N2C1=O. The number of amides is 1. The molecule has 19 heavy (non-hydrogen) atoms. The molecule has 0 bridgehead atoms. The molecule has 6 heteroatoms. The Morgan fingerprint density at radius 3 is 3.00 bits per heavy atom. The first-order valence-electron chi connectivity index (χ1n) is 7.20. The molecule has 1 amide bonds. The van der Waals surface area contributed by atoms with Gasteiger partial charge in [-0.3, -0.25) is 20.2 Å². The average Bonchev–Trinajstić information content (AvgIpc) is 2.78. The van der Waals surface area contributed by atoms with Gasteiger partial charge in [0.05, 0.1) is 6.61 Å². The summed E-state index contributed by atoms with van der Waals surface area (Å²) in [4.78, 5) is 26.2. The fraction of sp³-hybridized carbons (Fsp3) is 0.846. The van der Waals surface area contributed by atoms with Crippen LogP contribution in [0.15, 0.2) is 0 Å². The normalized spacial score (nSPS) is 37.7. The second-order valence-electron chi connectivity index (χ2n) is 5.49. The van der Waals surface area contributed by atoms with Gasteiger partial charge in [0.25, 0.3) is 0 Å². The molecule has 0 aromatic carbocycles. The van der Waals surface area contributed by atoms with E-state index in [9.17, 15) is 9.59 Å². The second-order valence-corrected chi connectivity index (χ2v) is 5.49. The van der Waals surface area contributed by atoms with Crippen molar-refractivity contribution >= 4 is 11.9 Å². The second kappa shape index (κ2) is 5.09. The third-order valence-electron chi connectivity index (χ3n) is 4.38. The number of ether oxygens (including phenoxy) is 1. The molecule has 2 saturated heterocycles. The van der Waals surface area contributed by atoms with Crippen LogP contribution >= 0.6 is 0 Å². The maximum Gasteiger partial charge on any atom is 0.319 e. The zero-order valence-corrected chi connectivity index (χ0v) is 11.2.